The first kappa shape index (κ1) is 14.2. The van der Waals surface area contributed by atoms with Crippen LogP contribution in [0.15, 0.2) is 10.2 Å². The van der Waals surface area contributed by atoms with Crippen LogP contribution in [-0.2, 0) is 11.3 Å². The van der Waals surface area contributed by atoms with Crippen LogP contribution in [0.3, 0.4) is 0 Å². The molecule has 100 valence electrons. The highest BCUT2D eigenvalue weighted by atomic mass is 32.1. The molecule has 1 heterocycles. The minimum absolute atomic E-state index is 0.164. The van der Waals surface area contributed by atoms with E-state index >= 15 is 0 Å². The Morgan fingerprint density at radius 2 is 2.22 bits per heavy atom. The van der Waals surface area contributed by atoms with E-state index in [1.165, 1.54) is 0 Å². The maximum Gasteiger partial charge on any atom is 0.315 e. The minimum Gasteiger partial charge on any atom is -0.481 e. The number of aromatic amines is 1. The molecular formula is C10H15N3O4S. The van der Waals surface area contributed by atoms with E-state index in [2.05, 4.69) is 15.6 Å². The molecule has 8 heteroatoms. The van der Waals surface area contributed by atoms with Crippen molar-refractivity contribution in [1.29, 1.82) is 0 Å². The Morgan fingerprint density at radius 3 is 2.78 bits per heavy atom. The number of thiazole rings is 1. The number of hydrogen-bond donors (Lipinski definition) is 4. The molecule has 0 saturated heterocycles. The lowest BCUT2D eigenvalue weighted by Gasteiger charge is -2.08. The van der Waals surface area contributed by atoms with Gasteiger partial charge in [-0.15, -0.1) is 0 Å². The van der Waals surface area contributed by atoms with E-state index in [4.69, 9.17) is 5.11 Å². The Kier molecular flexibility index (Phi) is 5.37. The van der Waals surface area contributed by atoms with Gasteiger partial charge in [0.15, 0.2) is 0 Å². The van der Waals surface area contributed by atoms with Gasteiger partial charge in [0, 0.05) is 17.6 Å². The summed E-state index contributed by atoms with van der Waals surface area (Å²) in [7, 11) is 0. The Balaban J connectivity index is 2.18. The summed E-state index contributed by atoms with van der Waals surface area (Å²) in [5, 5.41) is 15.4. The first-order valence-electron chi connectivity index (χ1n) is 5.40. The summed E-state index contributed by atoms with van der Waals surface area (Å²) in [6.07, 6.45) is 0.373. The van der Waals surface area contributed by atoms with Gasteiger partial charge in [0.2, 0.25) is 0 Å². The minimum atomic E-state index is -0.881. The second-order valence-corrected chi connectivity index (χ2v) is 4.65. The van der Waals surface area contributed by atoms with Gasteiger partial charge in [-0.2, -0.15) is 0 Å². The Labute approximate surface area is 107 Å². The fourth-order valence-electron chi connectivity index (χ4n) is 1.16. The summed E-state index contributed by atoms with van der Waals surface area (Å²) >= 11 is 1.03. The molecule has 7 nitrogen and oxygen atoms in total. The third kappa shape index (κ3) is 5.00. The van der Waals surface area contributed by atoms with Crippen LogP contribution in [0.25, 0.3) is 0 Å². The van der Waals surface area contributed by atoms with Crippen LogP contribution >= 0.6 is 11.3 Å². The van der Waals surface area contributed by atoms with E-state index in [0.29, 0.717) is 18.7 Å². The monoisotopic (exact) mass is 273 g/mol. The van der Waals surface area contributed by atoms with Gasteiger partial charge in [-0.25, -0.2) is 4.79 Å². The first-order chi connectivity index (χ1) is 8.49. The maximum absolute atomic E-state index is 11.3. The van der Waals surface area contributed by atoms with Gasteiger partial charge >= 0.3 is 16.9 Å². The number of carboxylic acid groups (broad SMARTS) is 1. The molecule has 0 aliphatic rings. The number of aliphatic carboxylic acids is 1. The van der Waals surface area contributed by atoms with Crippen LogP contribution in [0.2, 0.25) is 0 Å². The molecule has 0 radical (unpaired) electrons. The van der Waals surface area contributed by atoms with Crippen molar-refractivity contribution >= 4 is 23.3 Å². The summed E-state index contributed by atoms with van der Waals surface area (Å²) in [5.41, 5.74) is 0.638. The lowest BCUT2D eigenvalue weighted by atomic mass is 10.1. The van der Waals surface area contributed by atoms with E-state index < -0.39 is 11.9 Å². The van der Waals surface area contributed by atoms with Crippen molar-refractivity contribution in [2.24, 2.45) is 5.92 Å². The topological polar surface area (TPSA) is 111 Å². The molecule has 1 aromatic heterocycles. The number of aromatic nitrogens is 1. The Bertz CT molecular complexity index is 468. The molecule has 4 N–H and O–H groups in total. The zero-order valence-electron chi connectivity index (χ0n) is 9.86. The van der Waals surface area contributed by atoms with Gasteiger partial charge in [-0.1, -0.05) is 18.3 Å². The highest BCUT2D eigenvalue weighted by molar-refractivity contribution is 7.07. The second-order valence-electron chi connectivity index (χ2n) is 3.81. The SMILES string of the molecule is CC(CCNC(=O)NCc1csc(=O)[nH]1)C(=O)O. The van der Waals surface area contributed by atoms with Crippen molar-refractivity contribution in [3.05, 3.63) is 20.7 Å². The molecule has 0 aromatic carbocycles. The third-order valence-corrected chi connectivity index (χ3v) is 3.01. The van der Waals surface area contributed by atoms with Gasteiger partial charge in [0.05, 0.1) is 12.5 Å². The standard InChI is InChI=1S/C10H15N3O4S/c1-6(8(14)15)2-3-11-9(16)12-4-7-5-18-10(17)13-7/h5-6H,2-4H2,1H3,(H,13,17)(H,14,15)(H2,11,12,16). The number of carbonyl (C=O) groups excluding carboxylic acids is 1. The average Bonchev–Trinajstić information content (AvgIpc) is 2.72. The number of carboxylic acids is 1. The van der Waals surface area contributed by atoms with Crippen LogP contribution in [0.1, 0.15) is 19.0 Å². The average molecular weight is 273 g/mol. The van der Waals surface area contributed by atoms with E-state index in [0.717, 1.165) is 11.3 Å². The summed E-state index contributed by atoms with van der Waals surface area (Å²) in [6, 6.07) is -0.389. The molecule has 0 saturated carbocycles. The predicted molar refractivity (Wildman–Crippen MR) is 66.6 cm³/mol. The number of amides is 2. The van der Waals surface area contributed by atoms with E-state index in [9.17, 15) is 14.4 Å². The van der Waals surface area contributed by atoms with Crippen LogP contribution in [-0.4, -0.2) is 28.6 Å². The lowest BCUT2D eigenvalue weighted by molar-refractivity contribution is -0.141. The Morgan fingerprint density at radius 1 is 1.50 bits per heavy atom. The normalized spacial score (nSPS) is 11.8. The molecule has 0 aliphatic heterocycles. The number of nitrogens with one attached hydrogen (secondary N) is 3. The molecule has 1 aromatic rings. The largest absolute Gasteiger partial charge is 0.481 e. The molecule has 1 rings (SSSR count). The summed E-state index contributed by atoms with van der Waals surface area (Å²) in [4.78, 5) is 35.1. The molecular weight excluding hydrogens is 258 g/mol. The number of H-pyrrole nitrogens is 1. The van der Waals surface area contributed by atoms with Crippen molar-refractivity contribution in [3.63, 3.8) is 0 Å². The third-order valence-electron chi connectivity index (χ3n) is 2.29. The molecule has 0 bridgehead atoms. The lowest BCUT2D eigenvalue weighted by Crippen LogP contribution is -2.36. The highest BCUT2D eigenvalue weighted by Gasteiger charge is 2.10. The molecule has 0 aliphatic carbocycles. The number of urea groups is 1. The van der Waals surface area contributed by atoms with E-state index in [1.807, 2.05) is 0 Å². The predicted octanol–water partition coefficient (Wildman–Crippen LogP) is 0.346. The zero-order chi connectivity index (χ0) is 13.5. The van der Waals surface area contributed by atoms with Gasteiger partial charge < -0.3 is 20.7 Å². The molecule has 1 atom stereocenters. The van der Waals surface area contributed by atoms with Crippen molar-refractivity contribution in [3.8, 4) is 0 Å². The van der Waals surface area contributed by atoms with Gasteiger partial charge in [0.1, 0.15) is 0 Å². The maximum atomic E-state index is 11.3. The van der Waals surface area contributed by atoms with E-state index in [1.54, 1.807) is 12.3 Å². The van der Waals surface area contributed by atoms with Gasteiger partial charge in [-0.05, 0) is 6.42 Å². The highest BCUT2D eigenvalue weighted by Crippen LogP contribution is 1.99. The fraction of sp³-hybridized carbons (Fsp3) is 0.500. The molecule has 1 unspecified atom stereocenters. The number of hydrogen-bond acceptors (Lipinski definition) is 4. The van der Waals surface area contributed by atoms with Crippen LogP contribution in [0.4, 0.5) is 4.79 Å². The summed E-state index contributed by atoms with van der Waals surface area (Å²) < 4.78 is 0. The number of carbonyl (C=O) groups is 2. The first-order valence-corrected chi connectivity index (χ1v) is 6.28. The van der Waals surface area contributed by atoms with Gasteiger partial charge in [0.25, 0.3) is 0 Å². The second kappa shape index (κ2) is 6.80. The zero-order valence-corrected chi connectivity index (χ0v) is 10.7. The van der Waals surface area contributed by atoms with Crippen molar-refractivity contribution in [2.45, 2.75) is 19.9 Å². The molecule has 0 spiro atoms. The van der Waals surface area contributed by atoms with Crippen molar-refractivity contribution in [1.82, 2.24) is 15.6 Å². The smallest absolute Gasteiger partial charge is 0.315 e. The van der Waals surface area contributed by atoms with Crippen molar-refractivity contribution < 1.29 is 14.7 Å². The fourth-order valence-corrected chi connectivity index (χ4v) is 1.75. The molecule has 0 fully saturated rings. The van der Waals surface area contributed by atoms with Crippen molar-refractivity contribution in [2.75, 3.05) is 6.54 Å². The molecule has 18 heavy (non-hydrogen) atoms. The quantitative estimate of drug-likeness (QED) is 0.599. The molecule has 2 amide bonds. The van der Waals surface area contributed by atoms with Crippen LogP contribution < -0.4 is 15.5 Å². The van der Waals surface area contributed by atoms with Gasteiger partial charge in [-0.3, -0.25) is 9.59 Å². The van der Waals surface area contributed by atoms with Crippen LogP contribution in [0, 0.1) is 5.92 Å². The number of rotatable bonds is 6. The summed E-state index contributed by atoms with van der Waals surface area (Å²) in [6.45, 7) is 2.11. The van der Waals surface area contributed by atoms with Crippen LogP contribution in [0.5, 0.6) is 0 Å². The summed E-state index contributed by atoms with van der Waals surface area (Å²) in [5.74, 6) is -1.37. The van der Waals surface area contributed by atoms with E-state index in [-0.39, 0.29) is 17.4 Å². The Hall–Kier alpha value is -1.83.